The highest BCUT2D eigenvalue weighted by Crippen LogP contribution is 3.03. The molecule has 12 atom stereocenters. The zero-order valence-electron chi connectivity index (χ0n) is 16.0. The Morgan fingerprint density at radius 1 is 0.682 bits per heavy atom. The minimum Gasteiger partial charge on any atom is -0.0654 e. The van der Waals surface area contributed by atoms with Crippen molar-refractivity contribution in [2.24, 2.45) is 69.0 Å². The van der Waals surface area contributed by atoms with Gasteiger partial charge in [0, 0.05) is 0 Å². The average Bonchev–Trinajstić information content (AvgIpc) is 3.08. The molecular formula is C22H36. The Morgan fingerprint density at radius 2 is 1.27 bits per heavy atom. The van der Waals surface area contributed by atoms with Crippen molar-refractivity contribution < 1.29 is 0 Å². The average molecular weight is 301 g/mol. The molecule has 0 amide bonds. The Morgan fingerprint density at radius 3 is 1.86 bits per heavy atom. The Labute approximate surface area is 137 Å². The van der Waals surface area contributed by atoms with Crippen molar-refractivity contribution in [3.63, 3.8) is 0 Å². The molecule has 0 heterocycles. The first-order chi connectivity index (χ1) is 10.2. The molecule has 0 heteroatoms. The minimum absolute atomic E-state index is 0.586. The zero-order chi connectivity index (χ0) is 16.0. The molecule has 6 rings (SSSR count). The minimum atomic E-state index is 0.586. The van der Waals surface area contributed by atoms with Crippen LogP contribution in [0.15, 0.2) is 0 Å². The van der Waals surface area contributed by atoms with Gasteiger partial charge in [0.05, 0.1) is 0 Å². The molecule has 6 aliphatic rings. The molecule has 6 saturated carbocycles. The lowest BCUT2D eigenvalue weighted by Crippen LogP contribution is -2.55. The van der Waals surface area contributed by atoms with Crippen molar-refractivity contribution in [3.05, 3.63) is 0 Å². The zero-order valence-corrected chi connectivity index (χ0v) is 16.0. The summed E-state index contributed by atoms with van der Waals surface area (Å²) >= 11 is 0. The predicted octanol–water partition coefficient (Wildman–Crippen LogP) is 5.87. The largest absolute Gasteiger partial charge is 0.0654 e. The van der Waals surface area contributed by atoms with Crippen LogP contribution in [-0.4, -0.2) is 0 Å². The molecule has 1 spiro atoms. The van der Waals surface area contributed by atoms with E-state index >= 15 is 0 Å². The Kier molecular flexibility index (Phi) is 2.19. The lowest BCUT2D eigenvalue weighted by Gasteiger charge is -2.60. The van der Waals surface area contributed by atoms with E-state index in [-0.39, 0.29) is 0 Å². The van der Waals surface area contributed by atoms with Crippen molar-refractivity contribution in [2.45, 2.75) is 68.2 Å². The van der Waals surface area contributed by atoms with Gasteiger partial charge >= 0.3 is 0 Å². The number of rotatable bonds is 2. The molecule has 6 aliphatic carbocycles. The van der Waals surface area contributed by atoms with E-state index in [1.165, 1.54) is 12.8 Å². The van der Waals surface area contributed by atoms with E-state index in [2.05, 4.69) is 55.4 Å². The molecule has 0 nitrogen and oxygen atoms in total. The maximum absolute atomic E-state index is 2.78. The number of hydrogen-bond donors (Lipinski definition) is 0. The van der Waals surface area contributed by atoms with Crippen molar-refractivity contribution in [2.75, 3.05) is 0 Å². The summed E-state index contributed by atoms with van der Waals surface area (Å²) in [5.41, 5.74) is 2.51. The van der Waals surface area contributed by atoms with Crippen LogP contribution in [0.4, 0.5) is 0 Å². The smallest absolute Gasteiger partial charge is 0.0137 e. The van der Waals surface area contributed by atoms with Gasteiger partial charge in [-0.1, -0.05) is 68.2 Å². The van der Waals surface area contributed by atoms with Crippen LogP contribution in [0.3, 0.4) is 0 Å². The van der Waals surface area contributed by atoms with E-state index in [1.807, 2.05) is 0 Å². The quantitative estimate of drug-likeness (QED) is 0.598. The van der Waals surface area contributed by atoms with Crippen molar-refractivity contribution in [1.82, 2.24) is 0 Å². The van der Waals surface area contributed by atoms with E-state index in [0.717, 1.165) is 47.3 Å². The monoisotopic (exact) mass is 300 g/mol. The summed E-state index contributed by atoms with van der Waals surface area (Å²) in [6.45, 7) is 21.3. The molecule has 0 aromatic heterocycles. The van der Waals surface area contributed by atoms with Gasteiger partial charge in [0.25, 0.3) is 0 Å². The van der Waals surface area contributed by atoms with Gasteiger partial charge in [-0.3, -0.25) is 0 Å². The third-order valence-corrected chi connectivity index (χ3v) is 12.2. The number of hydrogen-bond acceptors (Lipinski definition) is 0. The van der Waals surface area contributed by atoms with E-state index in [1.54, 1.807) is 0 Å². The molecule has 22 heavy (non-hydrogen) atoms. The van der Waals surface area contributed by atoms with Gasteiger partial charge in [-0.15, -0.1) is 0 Å². The second-order valence-corrected chi connectivity index (χ2v) is 10.8. The van der Waals surface area contributed by atoms with Gasteiger partial charge in [-0.2, -0.15) is 0 Å². The summed E-state index contributed by atoms with van der Waals surface area (Å²) in [6.07, 6.45) is 2.91. The van der Waals surface area contributed by atoms with Gasteiger partial charge < -0.3 is 0 Å². The molecule has 12 unspecified atom stereocenters. The highest BCUT2D eigenvalue weighted by Gasteiger charge is 2.99. The van der Waals surface area contributed by atoms with E-state index in [0.29, 0.717) is 21.7 Å². The first-order valence-electron chi connectivity index (χ1n) is 10.2. The highest BCUT2D eigenvalue weighted by atomic mass is 15.0. The molecule has 0 radical (unpaired) electrons. The molecule has 0 N–H and O–H groups in total. The molecule has 0 saturated heterocycles. The standard InChI is InChI=1S/C22H36/c1-9-10-15-16-13(4)20(7)18(15)17-14(5)19(6)11(2)12(3)22(16,17)21(19,20)8/h11-18H,9-10H2,1-8H3. The Bertz CT molecular complexity index is 564. The fourth-order valence-electron chi connectivity index (χ4n) is 11.7. The van der Waals surface area contributed by atoms with Crippen molar-refractivity contribution in [1.29, 1.82) is 0 Å². The van der Waals surface area contributed by atoms with Crippen LogP contribution in [0.1, 0.15) is 68.2 Å². The highest BCUT2D eigenvalue weighted by molar-refractivity contribution is 5.46. The van der Waals surface area contributed by atoms with Gasteiger partial charge in [0.15, 0.2) is 0 Å². The molecular weight excluding hydrogens is 264 g/mol. The first-order valence-corrected chi connectivity index (χ1v) is 10.2. The van der Waals surface area contributed by atoms with Crippen LogP contribution in [-0.2, 0) is 0 Å². The van der Waals surface area contributed by atoms with E-state index in [4.69, 9.17) is 0 Å². The van der Waals surface area contributed by atoms with Crippen LogP contribution in [0.2, 0.25) is 0 Å². The Balaban J connectivity index is 1.83. The molecule has 0 aromatic carbocycles. The van der Waals surface area contributed by atoms with Crippen LogP contribution < -0.4 is 0 Å². The van der Waals surface area contributed by atoms with E-state index < -0.39 is 0 Å². The summed E-state index contributed by atoms with van der Waals surface area (Å²) in [4.78, 5) is 0. The van der Waals surface area contributed by atoms with Crippen molar-refractivity contribution in [3.8, 4) is 0 Å². The third-order valence-electron chi connectivity index (χ3n) is 12.2. The third kappa shape index (κ3) is 0.783. The predicted molar refractivity (Wildman–Crippen MR) is 92.3 cm³/mol. The summed E-state index contributed by atoms with van der Waals surface area (Å²) in [6, 6.07) is 0. The maximum atomic E-state index is 2.78. The summed E-state index contributed by atoms with van der Waals surface area (Å²) < 4.78 is 0. The normalized spacial score (nSPS) is 76.4. The molecule has 6 fully saturated rings. The van der Waals surface area contributed by atoms with Crippen LogP contribution in [0.5, 0.6) is 0 Å². The fourth-order valence-corrected chi connectivity index (χ4v) is 11.7. The van der Waals surface area contributed by atoms with Gasteiger partial charge in [-0.05, 0) is 69.0 Å². The second kappa shape index (κ2) is 3.36. The van der Waals surface area contributed by atoms with Crippen LogP contribution >= 0.6 is 0 Å². The van der Waals surface area contributed by atoms with E-state index in [9.17, 15) is 0 Å². The topological polar surface area (TPSA) is 0 Å². The second-order valence-electron chi connectivity index (χ2n) is 10.8. The molecule has 124 valence electrons. The lowest BCUT2D eigenvalue weighted by atomic mass is 9.44. The fraction of sp³-hybridized carbons (Fsp3) is 1.00. The summed E-state index contributed by atoms with van der Waals surface area (Å²) in [7, 11) is 0. The van der Waals surface area contributed by atoms with Gasteiger partial charge in [-0.25, -0.2) is 0 Å². The molecule has 7 bridgehead atoms. The van der Waals surface area contributed by atoms with Crippen molar-refractivity contribution >= 4 is 0 Å². The molecule has 0 aromatic rings. The molecule has 0 aliphatic heterocycles. The van der Waals surface area contributed by atoms with Gasteiger partial charge in [0.2, 0.25) is 0 Å². The summed E-state index contributed by atoms with van der Waals surface area (Å²) in [5.74, 6) is 8.00. The summed E-state index contributed by atoms with van der Waals surface area (Å²) in [5, 5.41) is 0. The SMILES string of the molecule is CCCC1C2C3C(C)C4(C)C(C)C(C)C35C1C(C)C2(C)C45C. The van der Waals surface area contributed by atoms with Gasteiger partial charge in [0.1, 0.15) is 0 Å². The van der Waals surface area contributed by atoms with Crippen LogP contribution in [0, 0.1) is 69.0 Å². The first kappa shape index (κ1) is 14.4. The maximum Gasteiger partial charge on any atom is -0.0137 e. The Hall–Kier alpha value is 0. The van der Waals surface area contributed by atoms with Crippen LogP contribution in [0.25, 0.3) is 0 Å². The lowest BCUT2D eigenvalue weighted by molar-refractivity contribution is -0.127.